The van der Waals surface area contributed by atoms with Gasteiger partial charge in [0.05, 0.1) is 11.1 Å². The lowest BCUT2D eigenvalue weighted by Gasteiger charge is -2.15. The summed E-state index contributed by atoms with van der Waals surface area (Å²) in [6, 6.07) is 13.4. The van der Waals surface area contributed by atoms with E-state index in [4.69, 9.17) is 16.3 Å². The van der Waals surface area contributed by atoms with Crippen molar-refractivity contribution in [3.8, 4) is 5.75 Å². The average Bonchev–Trinajstić information content (AvgIpc) is 2.54. The van der Waals surface area contributed by atoms with Gasteiger partial charge in [0, 0.05) is 4.47 Å². The molecule has 1 N–H and O–H groups in total. The molecule has 0 heterocycles. The predicted molar refractivity (Wildman–Crippen MR) is 97.0 cm³/mol. The highest BCUT2D eigenvalue weighted by molar-refractivity contribution is 9.10. The Hall–Kier alpha value is -1.52. The number of carbonyl (C=O) groups is 1. The second kappa shape index (κ2) is 8.37. The number of halogens is 2. The van der Waals surface area contributed by atoms with Crippen LogP contribution in [0.1, 0.15) is 31.0 Å². The lowest BCUT2D eigenvalue weighted by atomic mass is 10.1. The molecule has 1 amide bonds. The summed E-state index contributed by atoms with van der Waals surface area (Å²) < 4.78 is 6.33. The van der Waals surface area contributed by atoms with E-state index in [2.05, 4.69) is 40.3 Å². The molecule has 0 spiro atoms. The van der Waals surface area contributed by atoms with E-state index in [1.165, 1.54) is 5.56 Å². The summed E-state index contributed by atoms with van der Waals surface area (Å²) in [6.07, 6.45) is 1.00. The highest BCUT2D eigenvalue weighted by atomic mass is 79.9. The van der Waals surface area contributed by atoms with E-state index in [-0.39, 0.29) is 18.6 Å². The third-order valence-corrected chi connectivity index (χ3v) is 4.31. The smallest absolute Gasteiger partial charge is 0.258 e. The van der Waals surface area contributed by atoms with Gasteiger partial charge in [-0.2, -0.15) is 0 Å². The first-order valence-corrected chi connectivity index (χ1v) is 8.62. The molecule has 1 atom stereocenters. The lowest BCUT2D eigenvalue weighted by Crippen LogP contribution is -2.31. The van der Waals surface area contributed by atoms with E-state index in [1.807, 2.05) is 25.1 Å². The molecule has 0 aromatic heterocycles. The van der Waals surface area contributed by atoms with E-state index in [1.54, 1.807) is 12.1 Å². The van der Waals surface area contributed by atoms with Gasteiger partial charge >= 0.3 is 0 Å². The van der Waals surface area contributed by atoms with Gasteiger partial charge in [0.2, 0.25) is 0 Å². The van der Waals surface area contributed by atoms with Crippen LogP contribution in [0.25, 0.3) is 0 Å². The van der Waals surface area contributed by atoms with Gasteiger partial charge in [0.1, 0.15) is 5.75 Å². The molecule has 0 radical (unpaired) electrons. The Kier molecular flexibility index (Phi) is 6.48. The topological polar surface area (TPSA) is 38.3 Å². The Bertz CT molecular complexity index is 673. The second-order valence-electron chi connectivity index (χ2n) is 5.25. The van der Waals surface area contributed by atoms with E-state index in [0.717, 1.165) is 16.5 Å². The molecular weight excluding hydrogens is 378 g/mol. The molecule has 0 unspecified atom stereocenters. The zero-order valence-electron chi connectivity index (χ0n) is 13.1. The van der Waals surface area contributed by atoms with Crippen LogP contribution in [0.2, 0.25) is 5.02 Å². The second-order valence-corrected chi connectivity index (χ2v) is 6.57. The number of carbonyl (C=O) groups excluding carboxylic acids is 1. The fraction of sp³-hybridized carbons (Fsp3) is 0.278. The van der Waals surface area contributed by atoms with Crippen LogP contribution in [0.3, 0.4) is 0 Å². The minimum absolute atomic E-state index is 0.0707. The molecule has 0 fully saturated rings. The standard InChI is InChI=1S/C18H19BrClNO2/c1-3-13-4-6-14(7-5-13)12(2)21-18(22)11-23-17-9-8-15(19)10-16(17)20/h4-10,12H,3,11H2,1-2H3,(H,21,22)/t12-/m1/s1. The van der Waals surface area contributed by atoms with Gasteiger partial charge in [-0.05, 0) is 42.7 Å². The molecule has 3 nitrogen and oxygen atoms in total. The van der Waals surface area contributed by atoms with Crippen molar-refractivity contribution in [1.82, 2.24) is 5.32 Å². The fourth-order valence-electron chi connectivity index (χ4n) is 2.14. The van der Waals surface area contributed by atoms with Gasteiger partial charge in [0.25, 0.3) is 5.91 Å². The molecule has 0 aliphatic carbocycles. The van der Waals surface area contributed by atoms with Crippen molar-refractivity contribution in [1.29, 1.82) is 0 Å². The molecule has 0 aliphatic rings. The van der Waals surface area contributed by atoms with Gasteiger partial charge in [-0.3, -0.25) is 4.79 Å². The van der Waals surface area contributed by atoms with Gasteiger partial charge in [-0.25, -0.2) is 0 Å². The lowest BCUT2D eigenvalue weighted by molar-refractivity contribution is -0.123. The number of aryl methyl sites for hydroxylation is 1. The average molecular weight is 397 g/mol. The molecule has 0 saturated heterocycles. The highest BCUT2D eigenvalue weighted by Gasteiger charge is 2.11. The maximum Gasteiger partial charge on any atom is 0.258 e. The van der Waals surface area contributed by atoms with Gasteiger partial charge in [0.15, 0.2) is 6.61 Å². The minimum Gasteiger partial charge on any atom is -0.482 e. The first kappa shape index (κ1) is 17.8. The Labute approximate surface area is 150 Å². The van der Waals surface area contributed by atoms with Crippen molar-refractivity contribution >= 4 is 33.4 Å². The summed E-state index contributed by atoms with van der Waals surface area (Å²) in [5.74, 6) is 0.307. The summed E-state index contributed by atoms with van der Waals surface area (Å²) in [5, 5.41) is 3.39. The Balaban J connectivity index is 1.88. The van der Waals surface area contributed by atoms with Gasteiger partial charge in [-0.1, -0.05) is 58.7 Å². The van der Waals surface area contributed by atoms with Crippen LogP contribution >= 0.6 is 27.5 Å². The van der Waals surface area contributed by atoms with Crippen molar-refractivity contribution in [2.75, 3.05) is 6.61 Å². The monoisotopic (exact) mass is 395 g/mol. The molecule has 23 heavy (non-hydrogen) atoms. The Morgan fingerprint density at radius 1 is 1.26 bits per heavy atom. The summed E-state index contributed by atoms with van der Waals surface area (Å²) in [4.78, 5) is 12.0. The van der Waals surface area contributed by atoms with Crippen LogP contribution in [0.4, 0.5) is 0 Å². The van der Waals surface area contributed by atoms with Gasteiger partial charge in [-0.15, -0.1) is 0 Å². The molecule has 2 aromatic rings. The number of hydrogen-bond donors (Lipinski definition) is 1. The molecule has 5 heteroatoms. The summed E-state index contributed by atoms with van der Waals surface area (Å²) in [7, 11) is 0. The third kappa shape index (κ3) is 5.26. The van der Waals surface area contributed by atoms with E-state index >= 15 is 0 Å². The molecule has 122 valence electrons. The van der Waals surface area contributed by atoms with Gasteiger partial charge < -0.3 is 10.1 Å². The van der Waals surface area contributed by atoms with Crippen LogP contribution in [0.15, 0.2) is 46.9 Å². The SMILES string of the molecule is CCc1ccc([C@@H](C)NC(=O)COc2ccc(Br)cc2Cl)cc1. The summed E-state index contributed by atoms with van der Waals surface area (Å²) in [6.45, 7) is 4.00. The quantitative estimate of drug-likeness (QED) is 0.752. The third-order valence-electron chi connectivity index (χ3n) is 3.52. The van der Waals surface area contributed by atoms with Crippen molar-refractivity contribution < 1.29 is 9.53 Å². The maximum absolute atomic E-state index is 12.0. The number of nitrogens with one attached hydrogen (secondary N) is 1. The number of amides is 1. The first-order valence-electron chi connectivity index (χ1n) is 7.45. The molecule has 0 aliphatic heterocycles. The zero-order valence-corrected chi connectivity index (χ0v) is 15.4. The van der Waals surface area contributed by atoms with E-state index < -0.39 is 0 Å². The highest BCUT2D eigenvalue weighted by Crippen LogP contribution is 2.27. The van der Waals surface area contributed by atoms with Crippen LogP contribution in [-0.2, 0) is 11.2 Å². The van der Waals surface area contributed by atoms with Crippen molar-refractivity contribution in [2.45, 2.75) is 26.3 Å². The minimum atomic E-state index is -0.184. The maximum atomic E-state index is 12.0. The Morgan fingerprint density at radius 2 is 1.96 bits per heavy atom. The molecular formula is C18H19BrClNO2. The molecule has 2 aromatic carbocycles. The molecule has 2 rings (SSSR count). The number of hydrogen-bond acceptors (Lipinski definition) is 2. The fourth-order valence-corrected chi connectivity index (χ4v) is 2.87. The summed E-state index contributed by atoms with van der Waals surface area (Å²) >= 11 is 9.38. The predicted octanol–water partition coefficient (Wildman–Crippen LogP) is 4.92. The summed E-state index contributed by atoms with van der Waals surface area (Å²) in [5.41, 5.74) is 2.35. The van der Waals surface area contributed by atoms with Crippen molar-refractivity contribution in [2.24, 2.45) is 0 Å². The van der Waals surface area contributed by atoms with E-state index in [9.17, 15) is 4.79 Å². The van der Waals surface area contributed by atoms with Crippen molar-refractivity contribution in [3.63, 3.8) is 0 Å². The number of benzene rings is 2. The van der Waals surface area contributed by atoms with Crippen LogP contribution < -0.4 is 10.1 Å². The van der Waals surface area contributed by atoms with Crippen LogP contribution in [-0.4, -0.2) is 12.5 Å². The number of rotatable bonds is 6. The zero-order chi connectivity index (χ0) is 16.8. The molecule has 0 saturated carbocycles. The largest absolute Gasteiger partial charge is 0.482 e. The normalized spacial score (nSPS) is 11.8. The van der Waals surface area contributed by atoms with Crippen LogP contribution in [0.5, 0.6) is 5.75 Å². The molecule has 0 bridgehead atoms. The first-order chi connectivity index (χ1) is 11.0. The van der Waals surface area contributed by atoms with E-state index in [0.29, 0.717) is 10.8 Å². The van der Waals surface area contributed by atoms with Crippen LogP contribution in [0, 0.1) is 0 Å². The van der Waals surface area contributed by atoms with Crippen molar-refractivity contribution in [3.05, 3.63) is 63.1 Å². The Morgan fingerprint density at radius 3 is 2.57 bits per heavy atom. The number of ether oxygens (including phenoxy) is 1.